The van der Waals surface area contributed by atoms with Gasteiger partial charge in [0.2, 0.25) is 5.13 Å². The molecule has 0 aliphatic rings. The molecule has 0 radical (unpaired) electrons. The van der Waals surface area contributed by atoms with Gasteiger partial charge in [0.1, 0.15) is 0 Å². The van der Waals surface area contributed by atoms with Crippen LogP contribution in [0.1, 0.15) is 16.7 Å². The van der Waals surface area contributed by atoms with E-state index in [0.29, 0.717) is 10.0 Å². The van der Waals surface area contributed by atoms with Crippen molar-refractivity contribution in [2.45, 2.75) is 13.8 Å². The van der Waals surface area contributed by atoms with Gasteiger partial charge >= 0.3 is 0 Å². The molecular weight excluding hydrogens is 361 g/mol. The lowest BCUT2D eigenvalue weighted by atomic mass is 10.0. The van der Waals surface area contributed by atoms with Crippen molar-refractivity contribution in [3.63, 3.8) is 0 Å². The summed E-state index contributed by atoms with van der Waals surface area (Å²) in [5.41, 5.74) is 8.36. The molecular formula is C18H15Cl2N3S. The number of nitrogens with one attached hydrogen (secondary N) is 1. The van der Waals surface area contributed by atoms with Crippen LogP contribution in [0.15, 0.2) is 46.9 Å². The minimum atomic E-state index is 0.506. The number of hydrogen-bond acceptors (Lipinski definition) is 4. The zero-order chi connectivity index (χ0) is 17.1. The third-order valence-electron chi connectivity index (χ3n) is 3.48. The molecule has 3 rings (SSSR count). The fourth-order valence-corrected chi connectivity index (χ4v) is 3.27. The molecule has 0 atom stereocenters. The van der Waals surface area contributed by atoms with Gasteiger partial charge in [0.15, 0.2) is 0 Å². The monoisotopic (exact) mass is 375 g/mol. The summed E-state index contributed by atoms with van der Waals surface area (Å²) in [5.74, 6) is 0. The van der Waals surface area contributed by atoms with Crippen LogP contribution in [0.2, 0.25) is 10.0 Å². The Morgan fingerprint density at radius 3 is 2.67 bits per heavy atom. The van der Waals surface area contributed by atoms with Crippen LogP contribution in [-0.4, -0.2) is 11.2 Å². The highest BCUT2D eigenvalue weighted by molar-refractivity contribution is 7.14. The maximum atomic E-state index is 5.98. The predicted octanol–water partition coefficient (Wildman–Crippen LogP) is 6.18. The summed E-state index contributed by atoms with van der Waals surface area (Å²) in [6.45, 7) is 4.18. The number of rotatable bonds is 4. The van der Waals surface area contributed by atoms with E-state index in [4.69, 9.17) is 23.2 Å². The lowest BCUT2D eigenvalue weighted by Gasteiger charge is -2.03. The molecule has 24 heavy (non-hydrogen) atoms. The fraction of sp³-hybridized carbons (Fsp3) is 0.111. The Bertz CT molecular complexity index is 903. The molecule has 2 aromatic carbocycles. The molecule has 0 saturated heterocycles. The van der Waals surface area contributed by atoms with E-state index in [9.17, 15) is 0 Å². The maximum Gasteiger partial charge on any atom is 0.203 e. The Hall–Kier alpha value is -1.88. The number of thiazole rings is 1. The average Bonchev–Trinajstić information content (AvgIpc) is 2.99. The molecule has 0 aliphatic heterocycles. The number of aromatic nitrogens is 1. The number of hydrazone groups is 1. The summed E-state index contributed by atoms with van der Waals surface area (Å²) >= 11 is 13.4. The number of anilines is 1. The number of benzene rings is 2. The molecule has 0 aliphatic carbocycles. The number of aryl methyl sites for hydroxylation is 2. The quantitative estimate of drug-likeness (QED) is 0.436. The highest BCUT2D eigenvalue weighted by Crippen LogP contribution is 2.28. The highest BCUT2D eigenvalue weighted by Gasteiger charge is 2.07. The molecule has 0 spiro atoms. The normalized spacial score (nSPS) is 11.2. The first-order chi connectivity index (χ1) is 11.5. The third kappa shape index (κ3) is 3.96. The topological polar surface area (TPSA) is 37.3 Å². The summed E-state index contributed by atoms with van der Waals surface area (Å²) < 4.78 is 0. The molecule has 0 unspecified atom stereocenters. The molecule has 0 bridgehead atoms. The predicted molar refractivity (Wildman–Crippen MR) is 105 cm³/mol. The number of nitrogens with zero attached hydrogens (tertiary/aromatic N) is 2. The summed E-state index contributed by atoms with van der Waals surface area (Å²) in [5, 5.41) is 7.99. The Labute approximate surface area is 155 Å². The van der Waals surface area contributed by atoms with Crippen LogP contribution in [0.5, 0.6) is 0 Å². The Balaban J connectivity index is 1.72. The molecule has 122 valence electrons. The van der Waals surface area contributed by atoms with Crippen LogP contribution >= 0.6 is 34.5 Å². The van der Waals surface area contributed by atoms with Gasteiger partial charge in [-0.25, -0.2) is 4.98 Å². The van der Waals surface area contributed by atoms with Gasteiger partial charge < -0.3 is 0 Å². The number of hydrogen-bond donors (Lipinski definition) is 1. The van der Waals surface area contributed by atoms with Gasteiger partial charge in [-0.1, -0.05) is 53.0 Å². The van der Waals surface area contributed by atoms with Crippen LogP contribution < -0.4 is 5.43 Å². The Morgan fingerprint density at radius 1 is 1.08 bits per heavy atom. The van der Waals surface area contributed by atoms with Gasteiger partial charge in [0.25, 0.3) is 0 Å². The smallest absolute Gasteiger partial charge is 0.203 e. The zero-order valence-corrected chi connectivity index (χ0v) is 15.5. The van der Waals surface area contributed by atoms with Gasteiger partial charge in [-0.15, -0.1) is 11.3 Å². The molecule has 0 amide bonds. The minimum Gasteiger partial charge on any atom is -0.253 e. The van der Waals surface area contributed by atoms with E-state index < -0.39 is 0 Å². The van der Waals surface area contributed by atoms with Crippen molar-refractivity contribution in [3.05, 3.63) is 68.5 Å². The first kappa shape index (κ1) is 17.0. The Morgan fingerprint density at radius 2 is 1.92 bits per heavy atom. The van der Waals surface area contributed by atoms with E-state index in [1.165, 1.54) is 22.5 Å². The first-order valence-corrected chi connectivity index (χ1v) is 8.94. The molecule has 3 nitrogen and oxygen atoms in total. The van der Waals surface area contributed by atoms with Crippen LogP contribution in [-0.2, 0) is 0 Å². The van der Waals surface area contributed by atoms with Crippen molar-refractivity contribution in [3.8, 4) is 11.3 Å². The van der Waals surface area contributed by atoms with Crippen LogP contribution in [0.3, 0.4) is 0 Å². The maximum absolute atomic E-state index is 5.98. The van der Waals surface area contributed by atoms with Crippen molar-refractivity contribution in [2.24, 2.45) is 5.10 Å². The van der Waals surface area contributed by atoms with Crippen molar-refractivity contribution in [1.82, 2.24) is 4.98 Å². The van der Waals surface area contributed by atoms with E-state index in [1.54, 1.807) is 18.3 Å². The molecule has 1 N–H and O–H groups in total. The molecule has 0 fully saturated rings. The summed E-state index contributed by atoms with van der Waals surface area (Å²) in [7, 11) is 0. The first-order valence-electron chi connectivity index (χ1n) is 7.30. The zero-order valence-electron chi connectivity index (χ0n) is 13.2. The van der Waals surface area contributed by atoms with Crippen molar-refractivity contribution in [2.75, 3.05) is 5.43 Å². The molecule has 3 aromatic rings. The molecule has 1 heterocycles. The van der Waals surface area contributed by atoms with Crippen LogP contribution in [0.25, 0.3) is 11.3 Å². The molecule has 6 heteroatoms. The van der Waals surface area contributed by atoms with Crippen molar-refractivity contribution >= 4 is 45.9 Å². The van der Waals surface area contributed by atoms with E-state index in [1.807, 2.05) is 11.4 Å². The van der Waals surface area contributed by atoms with E-state index in [2.05, 4.69) is 47.6 Å². The van der Waals surface area contributed by atoms with Crippen LogP contribution in [0.4, 0.5) is 5.13 Å². The fourth-order valence-electron chi connectivity index (χ4n) is 2.30. The lowest BCUT2D eigenvalue weighted by Crippen LogP contribution is -1.91. The second kappa shape index (κ2) is 7.34. The SMILES string of the molecule is Cc1ccc(-c2csc(N/N=C\c3ccc(Cl)c(Cl)c3)n2)c(C)c1. The standard InChI is InChI=1S/C18H15Cl2N3S/c1-11-3-5-14(12(2)7-11)17-10-24-18(22-17)23-21-9-13-4-6-15(19)16(20)8-13/h3-10H,1-2H3,(H,22,23)/b21-9-. The van der Waals surface area contributed by atoms with Gasteiger partial charge in [0.05, 0.1) is 22.0 Å². The number of halogens is 2. The molecule has 1 aromatic heterocycles. The Kier molecular flexibility index (Phi) is 5.19. The van der Waals surface area contributed by atoms with Crippen LogP contribution in [0, 0.1) is 13.8 Å². The third-order valence-corrected chi connectivity index (χ3v) is 4.97. The van der Waals surface area contributed by atoms with E-state index in [-0.39, 0.29) is 0 Å². The summed E-state index contributed by atoms with van der Waals surface area (Å²) in [6.07, 6.45) is 1.68. The highest BCUT2D eigenvalue weighted by atomic mass is 35.5. The lowest BCUT2D eigenvalue weighted by molar-refractivity contribution is 1.28. The molecule has 0 saturated carbocycles. The average molecular weight is 376 g/mol. The van der Waals surface area contributed by atoms with Crippen molar-refractivity contribution < 1.29 is 0 Å². The van der Waals surface area contributed by atoms with Crippen molar-refractivity contribution in [1.29, 1.82) is 0 Å². The van der Waals surface area contributed by atoms with Gasteiger partial charge in [-0.05, 0) is 37.1 Å². The second-order valence-corrected chi connectivity index (χ2v) is 7.07. The van der Waals surface area contributed by atoms with E-state index in [0.717, 1.165) is 22.0 Å². The second-order valence-electron chi connectivity index (χ2n) is 5.40. The van der Waals surface area contributed by atoms with Gasteiger partial charge in [-0.2, -0.15) is 5.10 Å². The van der Waals surface area contributed by atoms with Gasteiger partial charge in [0, 0.05) is 10.9 Å². The summed E-state index contributed by atoms with van der Waals surface area (Å²) in [4.78, 5) is 4.58. The minimum absolute atomic E-state index is 0.506. The van der Waals surface area contributed by atoms with E-state index >= 15 is 0 Å². The van der Waals surface area contributed by atoms with Gasteiger partial charge in [-0.3, -0.25) is 5.43 Å². The largest absolute Gasteiger partial charge is 0.253 e. The summed E-state index contributed by atoms with van der Waals surface area (Å²) in [6, 6.07) is 11.7.